The molecular weight excluding hydrogens is 582 g/mol. The van der Waals surface area contributed by atoms with Gasteiger partial charge in [0, 0.05) is 31.9 Å². The summed E-state index contributed by atoms with van der Waals surface area (Å²) in [6, 6.07) is 7.91. The van der Waals surface area contributed by atoms with Gasteiger partial charge in [-0.1, -0.05) is 52.3 Å². The first-order valence-electron chi connectivity index (χ1n) is 16.6. The number of anilines is 2. The number of amides is 2. The Kier molecular flexibility index (Phi) is 9.60. The molecule has 3 heterocycles. The molecule has 46 heavy (non-hydrogen) atoms. The predicted octanol–water partition coefficient (Wildman–Crippen LogP) is 5.79. The summed E-state index contributed by atoms with van der Waals surface area (Å²) in [6.07, 6.45) is 7.47. The summed E-state index contributed by atoms with van der Waals surface area (Å²) in [5.41, 5.74) is 3.30. The molecule has 0 unspecified atom stereocenters. The van der Waals surface area contributed by atoms with Crippen LogP contribution in [0.2, 0.25) is 0 Å². The smallest absolute Gasteiger partial charge is 0.410 e. The number of aromatic nitrogens is 4. The summed E-state index contributed by atoms with van der Waals surface area (Å²) in [5, 5.41) is 7.77. The fourth-order valence-corrected chi connectivity index (χ4v) is 6.12. The van der Waals surface area contributed by atoms with Crippen LogP contribution in [0.15, 0.2) is 35.1 Å². The van der Waals surface area contributed by atoms with Gasteiger partial charge in [0.15, 0.2) is 5.82 Å². The second-order valence-corrected chi connectivity index (χ2v) is 14.3. The highest BCUT2D eigenvalue weighted by atomic mass is 16.6. The first-order chi connectivity index (χ1) is 21.7. The zero-order valence-corrected chi connectivity index (χ0v) is 28.5. The van der Waals surface area contributed by atoms with Gasteiger partial charge in [0.25, 0.3) is 5.56 Å². The molecule has 248 valence electrons. The average molecular weight is 632 g/mol. The summed E-state index contributed by atoms with van der Waals surface area (Å²) in [6.45, 7) is 15.7. The Morgan fingerprint density at radius 2 is 1.65 bits per heavy atom. The molecule has 1 aliphatic carbocycles. The fourth-order valence-electron chi connectivity index (χ4n) is 6.12. The van der Waals surface area contributed by atoms with E-state index in [-0.39, 0.29) is 29.5 Å². The number of nitrogens with one attached hydrogen (secondary N) is 1. The van der Waals surface area contributed by atoms with Crippen LogP contribution in [-0.4, -0.2) is 67.8 Å². The number of hydrogen-bond acceptors (Lipinski definition) is 7. The Bertz CT molecular complexity index is 1660. The van der Waals surface area contributed by atoms with Crippen molar-refractivity contribution in [3.63, 3.8) is 0 Å². The highest BCUT2D eigenvalue weighted by molar-refractivity contribution is 5.91. The molecule has 5 rings (SSSR count). The molecule has 3 aromatic rings. The lowest BCUT2D eigenvalue weighted by atomic mass is 9.87. The van der Waals surface area contributed by atoms with E-state index in [2.05, 4.69) is 32.2 Å². The lowest BCUT2D eigenvalue weighted by Gasteiger charge is -2.37. The van der Waals surface area contributed by atoms with E-state index in [1.54, 1.807) is 4.90 Å². The fraction of sp³-hybridized carbons (Fsp3) is 0.571. The largest absolute Gasteiger partial charge is 0.444 e. The van der Waals surface area contributed by atoms with Crippen LogP contribution in [0, 0.1) is 0 Å². The highest BCUT2D eigenvalue weighted by Crippen LogP contribution is 2.27. The van der Waals surface area contributed by atoms with Gasteiger partial charge in [-0.2, -0.15) is 9.50 Å². The molecule has 0 spiro atoms. The maximum atomic E-state index is 14.2. The highest BCUT2D eigenvalue weighted by Gasteiger charge is 2.30. The SMILES string of the molecule is CCc1c(N2CCN(C(=O)OC(C)(C)C)CC2)c(=O)n2nc(C3=CCCCCC3)nc2n1CC(=O)Nc1ccc(C(C)(C)C)cc1. The van der Waals surface area contributed by atoms with E-state index in [1.807, 2.05) is 61.4 Å². The van der Waals surface area contributed by atoms with Gasteiger partial charge in [-0.15, -0.1) is 5.10 Å². The van der Waals surface area contributed by atoms with Crippen LogP contribution < -0.4 is 15.8 Å². The Balaban J connectivity index is 1.50. The van der Waals surface area contributed by atoms with Crippen LogP contribution in [0.5, 0.6) is 0 Å². The summed E-state index contributed by atoms with van der Waals surface area (Å²) in [7, 11) is 0. The predicted molar refractivity (Wildman–Crippen MR) is 181 cm³/mol. The van der Waals surface area contributed by atoms with E-state index < -0.39 is 5.60 Å². The molecule has 11 nitrogen and oxygen atoms in total. The van der Waals surface area contributed by atoms with Crippen LogP contribution in [0.1, 0.15) is 97.7 Å². The van der Waals surface area contributed by atoms with Gasteiger partial charge in [-0.3, -0.25) is 9.59 Å². The van der Waals surface area contributed by atoms with E-state index in [1.165, 1.54) is 10.1 Å². The van der Waals surface area contributed by atoms with Crippen molar-refractivity contribution in [2.75, 3.05) is 36.4 Å². The molecular formula is C35H49N7O4. The van der Waals surface area contributed by atoms with Gasteiger partial charge in [0.05, 0.1) is 5.69 Å². The molecule has 1 saturated heterocycles. The van der Waals surface area contributed by atoms with E-state index in [0.717, 1.165) is 43.4 Å². The van der Waals surface area contributed by atoms with Gasteiger partial charge < -0.3 is 24.4 Å². The minimum Gasteiger partial charge on any atom is -0.444 e. The summed E-state index contributed by atoms with van der Waals surface area (Å²) < 4.78 is 8.78. The molecule has 0 atom stereocenters. The summed E-state index contributed by atoms with van der Waals surface area (Å²) >= 11 is 0. The zero-order chi connectivity index (χ0) is 33.2. The number of benzene rings is 1. The maximum absolute atomic E-state index is 14.2. The number of rotatable bonds is 6. The quantitative estimate of drug-likeness (QED) is 0.366. The molecule has 0 bridgehead atoms. The van der Waals surface area contributed by atoms with Crippen molar-refractivity contribution in [2.45, 2.75) is 105 Å². The van der Waals surface area contributed by atoms with Crippen molar-refractivity contribution in [3.05, 3.63) is 57.8 Å². The second-order valence-electron chi connectivity index (χ2n) is 14.3. The molecule has 1 N–H and O–H groups in total. The molecule has 2 aliphatic rings. The van der Waals surface area contributed by atoms with Crippen molar-refractivity contribution in [2.24, 2.45) is 0 Å². The Morgan fingerprint density at radius 1 is 0.957 bits per heavy atom. The van der Waals surface area contributed by atoms with Crippen LogP contribution in [0.3, 0.4) is 0 Å². The number of allylic oxidation sites excluding steroid dienone is 2. The molecule has 11 heteroatoms. The standard InChI is InChI=1S/C35H49N7O4/c1-8-27-29(39-19-21-40(22-20-39)33(45)46-35(5,6)7)31(44)42-32(37-30(38-42)24-13-11-9-10-12-14-24)41(27)23-28(43)36-26-17-15-25(16-18-26)34(2,3)4/h13,15-18H,8-12,14,19-23H2,1-7H3,(H,36,43). The van der Waals surface area contributed by atoms with Gasteiger partial charge in [0.1, 0.15) is 17.8 Å². The Labute approximate surface area is 271 Å². The minimum atomic E-state index is -0.588. The molecule has 2 amide bonds. The van der Waals surface area contributed by atoms with Crippen molar-refractivity contribution in [1.29, 1.82) is 0 Å². The molecule has 1 aromatic carbocycles. The zero-order valence-electron chi connectivity index (χ0n) is 28.5. The van der Waals surface area contributed by atoms with E-state index >= 15 is 0 Å². The monoisotopic (exact) mass is 631 g/mol. The molecule has 1 fully saturated rings. The number of ether oxygens (including phenoxy) is 1. The van der Waals surface area contributed by atoms with Crippen LogP contribution in [-0.2, 0) is 27.9 Å². The normalized spacial score (nSPS) is 16.3. The third-order valence-electron chi connectivity index (χ3n) is 8.57. The number of carbonyl (C=O) groups is 2. The Hall–Kier alpha value is -4.15. The molecule has 0 radical (unpaired) electrons. The van der Waals surface area contributed by atoms with Gasteiger partial charge in [0.2, 0.25) is 11.7 Å². The molecule has 1 aliphatic heterocycles. The first kappa shape index (κ1) is 33.2. The van der Waals surface area contributed by atoms with E-state index in [4.69, 9.17) is 14.8 Å². The minimum absolute atomic E-state index is 0.00700. The number of hydrogen-bond donors (Lipinski definition) is 1. The van der Waals surface area contributed by atoms with Gasteiger partial charge in [-0.25, -0.2) is 4.79 Å². The van der Waals surface area contributed by atoms with Crippen molar-refractivity contribution < 1.29 is 14.3 Å². The van der Waals surface area contributed by atoms with Gasteiger partial charge in [-0.05, 0) is 81.6 Å². The number of nitrogens with zero attached hydrogens (tertiary/aromatic N) is 6. The van der Waals surface area contributed by atoms with E-state index in [0.29, 0.717) is 55.6 Å². The van der Waals surface area contributed by atoms with Gasteiger partial charge >= 0.3 is 6.09 Å². The third-order valence-corrected chi connectivity index (χ3v) is 8.57. The topological polar surface area (TPSA) is 114 Å². The van der Waals surface area contributed by atoms with Crippen molar-refractivity contribution >= 4 is 34.7 Å². The summed E-state index contributed by atoms with van der Waals surface area (Å²) in [4.78, 5) is 49.1. The third kappa shape index (κ3) is 7.45. The van der Waals surface area contributed by atoms with Crippen molar-refractivity contribution in [3.8, 4) is 0 Å². The first-order valence-corrected chi connectivity index (χ1v) is 16.6. The lowest BCUT2D eigenvalue weighted by Crippen LogP contribution is -2.51. The number of carbonyl (C=O) groups excluding carboxylic acids is 2. The maximum Gasteiger partial charge on any atom is 0.410 e. The van der Waals surface area contributed by atoms with Crippen molar-refractivity contribution in [1.82, 2.24) is 24.1 Å². The van der Waals surface area contributed by atoms with E-state index in [9.17, 15) is 14.4 Å². The van der Waals surface area contributed by atoms with Crippen LogP contribution in [0.4, 0.5) is 16.2 Å². The second kappa shape index (κ2) is 13.3. The molecule has 2 aromatic heterocycles. The Morgan fingerprint density at radius 3 is 2.28 bits per heavy atom. The lowest BCUT2D eigenvalue weighted by molar-refractivity contribution is -0.116. The summed E-state index contributed by atoms with van der Waals surface area (Å²) in [5.74, 6) is 0.680. The number of piperazine rings is 1. The average Bonchev–Trinajstić information content (AvgIpc) is 3.26. The van der Waals surface area contributed by atoms with Crippen LogP contribution in [0.25, 0.3) is 11.4 Å². The van der Waals surface area contributed by atoms with Crippen LogP contribution >= 0.6 is 0 Å². The molecule has 0 saturated carbocycles. The number of fused-ring (bicyclic) bond motifs is 1.